The lowest BCUT2D eigenvalue weighted by Gasteiger charge is -2.47. The van der Waals surface area contributed by atoms with Crippen LogP contribution in [-0.4, -0.2) is 83.1 Å². The molecule has 1 aliphatic heterocycles. The van der Waals surface area contributed by atoms with E-state index in [0.717, 1.165) is 0 Å². The molecule has 1 saturated heterocycles. The molecule has 0 spiro atoms. The number of piperidine rings is 1. The standard InChI is InChI=1S/C34H34N2O10/c1-22(37)35-26-20-36(28(38)18-11-19-29(39)40)27(21-44-32(41)23-12-5-2-6-13-23)31(46-34(43)25-16-9-4-10-17-25)30(26)45-33(42)24-14-7-3-8-15-24/h2-10,12-17,26-27,30-31H,11,18-21H2,1H3,(H,35,37)(H,39,40)/t26?,27?,30?,31-/m0/s1. The molecule has 4 atom stereocenters. The zero-order valence-corrected chi connectivity index (χ0v) is 25.1. The maximum absolute atomic E-state index is 13.6. The van der Waals surface area contributed by atoms with Gasteiger partial charge in [-0.05, 0) is 42.8 Å². The van der Waals surface area contributed by atoms with Gasteiger partial charge in [-0.1, -0.05) is 54.6 Å². The smallest absolute Gasteiger partial charge is 0.338 e. The number of nitrogens with zero attached hydrogens (tertiary/aromatic N) is 1. The van der Waals surface area contributed by atoms with Crippen molar-refractivity contribution in [2.75, 3.05) is 13.2 Å². The molecule has 0 bridgehead atoms. The summed E-state index contributed by atoms with van der Waals surface area (Å²) < 4.78 is 17.5. The number of amides is 2. The number of carbonyl (C=O) groups excluding carboxylic acids is 5. The van der Waals surface area contributed by atoms with Crippen molar-refractivity contribution in [3.05, 3.63) is 108 Å². The second-order valence-corrected chi connectivity index (χ2v) is 10.6. The number of likely N-dealkylation sites (tertiary alicyclic amines) is 1. The molecule has 3 aromatic carbocycles. The van der Waals surface area contributed by atoms with Gasteiger partial charge in [0.15, 0.2) is 12.2 Å². The molecule has 12 heteroatoms. The highest BCUT2D eigenvalue weighted by Crippen LogP contribution is 2.28. The first-order valence-corrected chi connectivity index (χ1v) is 14.7. The summed E-state index contributed by atoms with van der Waals surface area (Å²) in [6.45, 7) is 0.552. The third-order valence-corrected chi connectivity index (χ3v) is 7.28. The number of carboxylic acids is 1. The van der Waals surface area contributed by atoms with Crippen molar-refractivity contribution in [3.8, 4) is 0 Å². The molecule has 2 amide bonds. The number of aliphatic carboxylic acids is 1. The van der Waals surface area contributed by atoms with Gasteiger partial charge in [-0.25, -0.2) is 14.4 Å². The van der Waals surface area contributed by atoms with Crippen LogP contribution in [0.1, 0.15) is 57.3 Å². The Kier molecular flexibility index (Phi) is 11.6. The summed E-state index contributed by atoms with van der Waals surface area (Å²) in [5.41, 5.74) is 0.590. The number of esters is 3. The number of ether oxygens (including phenoxy) is 3. The minimum atomic E-state index is -1.43. The summed E-state index contributed by atoms with van der Waals surface area (Å²) in [6.07, 6.45) is -3.22. The van der Waals surface area contributed by atoms with E-state index in [1.54, 1.807) is 66.7 Å². The Bertz CT molecular complexity index is 1530. The Morgan fingerprint density at radius 3 is 1.67 bits per heavy atom. The Morgan fingerprint density at radius 1 is 0.717 bits per heavy atom. The Balaban J connectivity index is 1.75. The van der Waals surface area contributed by atoms with Crippen LogP contribution in [0, 0.1) is 0 Å². The van der Waals surface area contributed by atoms with Crippen LogP contribution in [0.25, 0.3) is 0 Å². The average Bonchev–Trinajstić information content (AvgIpc) is 3.06. The van der Waals surface area contributed by atoms with Crippen molar-refractivity contribution in [1.82, 2.24) is 10.2 Å². The third kappa shape index (κ3) is 9.00. The fourth-order valence-electron chi connectivity index (χ4n) is 5.12. The summed E-state index contributed by atoms with van der Waals surface area (Å²) in [7, 11) is 0. The molecule has 1 aliphatic rings. The molecule has 12 nitrogen and oxygen atoms in total. The zero-order valence-electron chi connectivity index (χ0n) is 25.1. The molecule has 0 radical (unpaired) electrons. The first-order valence-electron chi connectivity index (χ1n) is 14.7. The van der Waals surface area contributed by atoms with Crippen molar-refractivity contribution >= 4 is 35.7 Å². The van der Waals surface area contributed by atoms with E-state index in [4.69, 9.17) is 19.3 Å². The van der Waals surface area contributed by atoms with Crippen molar-refractivity contribution in [1.29, 1.82) is 0 Å². The Hall–Kier alpha value is -5.52. The van der Waals surface area contributed by atoms with Crippen LogP contribution in [0.15, 0.2) is 91.0 Å². The van der Waals surface area contributed by atoms with E-state index in [0.29, 0.717) is 0 Å². The van der Waals surface area contributed by atoms with Crippen molar-refractivity contribution in [2.45, 2.75) is 50.5 Å². The summed E-state index contributed by atoms with van der Waals surface area (Å²) in [4.78, 5) is 78.1. The van der Waals surface area contributed by atoms with Crippen LogP contribution in [0.5, 0.6) is 0 Å². The molecule has 3 unspecified atom stereocenters. The van der Waals surface area contributed by atoms with Gasteiger partial charge in [-0.15, -0.1) is 0 Å². The normalized spacial score (nSPS) is 18.9. The van der Waals surface area contributed by atoms with Crippen LogP contribution in [0.3, 0.4) is 0 Å². The van der Waals surface area contributed by atoms with Gasteiger partial charge in [0.25, 0.3) is 0 Å². The van der Waals surface area contributed by atoms with Crippen LogP contribution in [0.4, 0.5) is 0 Å². The van der Waals surface area contributed by atoms with Gasteiger partial charge in [0.1, 0.15) is 12.6 Å². The summed E-state index contributed by atoms with van der Waals surface area (Å²) in [5.74, 6) is -4.43. The van der Waals surface area contributed by atoms with Crippen LogP contribution in [0.2, 0.25) is 0 Å². The Labute approximate surface area is 265 Å². The van der Waals surface area contributed by atoms with Crippen LogP contribution < -0.4 is 5.32 Å². The molecule has 3 aromatic rings. The molecular weight excluding hydrogens is 596 g/mol. The molecule has 1 heterocycles. The fourth-order valence-corrected chi connectivity index (χ4v) is 5.12. The number of hydrogen-bond donors (Lipinski definition) is 2. The number of carbonyl (C=O) groups is 6. The lowest BCUT2D eigenvalue weighted by atomic mass is 9.90. The van der Waals surface area contributed by atoms with Gasteiger partial charge in [0, 0.05) is 26.3 Å². The van der Waals surface area contributed by atoms with Gasteiger partial charge < -0.3 is 29.5 Å². The molecule has 4 rings (SSSR count). The molecule has 1 fully saturated rings. The van der Waals surface area contributed by atoms with Gasteiger partial charge in [0.05, 0.1) is 22.7 Å². The summed E-state index contributed by atoms with van der Waals surface area (Å²) in [5, 5.41) is 11.8. The van der Waals surface area contributed by atoms with Crippen molar-refractivity contribution in [3.63, 3.8) is 0 Å². The summed E-state index contributed by atoms with van der Waals surface area (Å²) >= 11 is 0. The molecular formula is C34H34N2O10. The van der Waals surface area contributed by atoms with Crippen molar-refractivity contribution < 1.29 is 48.1 Å². The number of benzene rings is 3. The highest BCUT2D eigenvalue weighted by atomic mass is 16.6. The predicted octanol–water partition coefficient (Wildman–Crippen LogP) is 3.27. The minimum absolute atomic E-state index is 0.00683. The van der Waals surface area contributed by atoms with Crippen LogP contribution >= 0.6 is 0 Å². The van der Waals surface area contributed by atoms with Crippen molar-refractivity contribution in [2.24, 2.45) is 0 Å². The molecule has 0 aromatic heterocycles. The van der Waals surface area contributed by atoms with Gasteiger partial charge in [-0.3, -0.25) is 14.4 Å². The minimum Gasteiger partial charge on any atom is -0.481 e. The van der Waals surface area contributed by atoms with Crippen LogP contribution in [-0.2, 0) is 28.6 Å². The lowest BCUT2D eigenvalue weighted by Crippen LogP contribution is -2.69. The zero-order chi connectivity index (χ0) is 33.1. The van der Waals surface area contributed by atoms with Gasteiger partial charge >= 0.3 is 23.9 Å². The quantitative estimate of drug-likeness (QED) is 0.224. The highest BCUT2D eigenvalue weighted by Gasteiger charge is 2.50. The van der Waals surface area contributed by atoms with E-state index < -0.39 is 66.6 Å². The largest absolute Gasteiger partial charge is 0.481 e. The molecule has 240 valence electrons. The maximum atomic E-state index is 13.6. The van der Waals surface area contributed by atoms with E-state index >= 15 is 0 Å². The molecule has 46 heavy (non-hydrogen) atoms. The second-order valence-electron chi connectivity index (χ2n) is 10.6. The second kappa shape index (κ2) is 16.0. The maximum Gasteiger partial charge on any atom is 0.338 e. The Morgan fingerprint density at radius 2 is 1.20 bits per heavy atom. The first kappa shape index (κ1) is 33.4. The SMILES string of the molecule is CC(=O)NC1CN(C(=O)CCCC(=O)O)C(COC(=O)c2ccccc2)[C@H](OC(=O)c2ccccc2)C1OC(=O)c1ccccc1. The van der Waals surface area contributed by atoms with Gasteiger partial charge in [-0.2, -0.15) is 0 Å². The number of carboxylic acid groups (broad SMARTS) is 1. The fraction of sp³-hybridized carbons (Fsp3) is 0.294. The van der Waals surface area contributed by atoms with E-state index in [1.165, 1.54) is 36.1 Å². The van der Waals surface area contributed by atoms with Gasteiger partial charge in [0.2, 0.25) is 11.8 Å². The lowest BCUT2D eigenvalue weighted by molar-refractivity contribution is -0.155. The number of hydrogen-bond acceptors (Lipinski definition) is 9. The molecule has 2 N–H and O–H groups in total. The van der Waals surface area contributed by atoms with E-state index in [2.05, 4.69) is 5.32 Å². The topological polar surface area (TPSA) is 166 Å². The number of nitrogens with one attached hydrogen (secondary N) is 1. The van der Waals surface area contributed by atoms with E-state index in [-0.39, 0.29) is 42.5 Å². The average molecular weight is 631 g/mol. The monoisotopic (exact) mass is 630 g/mol. The van der Waals surface area contributed by atoms with E-state index in [1.807, 2.05) is 0 Å². The third-order valence-electron chi connectivity index (χ3n) is 7.28. The summed E-state index contributed by atoms with van der Waals surface area (Å²) in [6, 6.07) is 21.9. The predicted molar refractivity (Wildman–Crippen MR) is 163 cm³/mol. The molecule has 0 saturated carbocycles. The highest BCUT2D eigenvalue weighted by molar-refractivity contribution is 5.91. The van der Waals surface area contributed by atoms with E-state index in [9.17, 15) is 28.8 Å². The number of rotatable bonds is 12. The molecule has 0 aliphatic carbocycles. The first-order chi connectivity index (χ1) is 22.1.